The molecule has 0 bridgehead atoms. The summed E-state index contributed by atoms with van der Waals surface area (Å²) in [5, 5.41) is 11.8. The molecule has 3 N–H and O–H groups in total. The summed E-state index contributed by atoms with van der Waals surface area (Å²) in [6.07, 6.45) is 13.6. The molecule has 4 heterocycles. The smallest absolute Gasteiger partial charge is 0.268 e. The first kappa shape index (κ1) is 41.7. The predicted octanol–water partition coefficient (Wildman–Crippen LogP) is 9.04. The number of allylic oxidation sites excluding steroid dienone is 1. The van der Waals surface area contributed by atoms with Crippen LogP contribution in [0.15, 0.2) is 89.7 Å². The maximum Gasteiger partial charge on any atom is 0.268 e. The van der Waals surface area contributed by atoms with E-state index in [1.54, 1.807) is 30.6 Å². The standard InChI is InChI=1S/C46H50Cl2N6O6S/c1-45(56)12-8-30(9-13-45)29-59-44-40(48)24-37(27-51-44)61(57,58)52-43(55)38-7-6-35(23-41(38)60-36-22-32-11-17-49-42(32)50-26-36)54-20-18-53(19-21-54)28-33-10-14-46(15-16-46)25-39(33)31-2-4-34(47)5-3-31/h2-7,11,17,22-24,26-27,30,56H,8-10,12-16,18-21,25,28-29H2,1H3,(H,49,50)(H,52,55). The van der Waals surface area contributed by atoms with Crippen LogP contribution in [0.3, 0.4) is 0 Å². The Morgan fingerprint density at radius 3 is 2.46 bits per heavy atom. The minimum absolute atomic E-state index is 0.00311. The van der Waals surface area contributed by atoms with Gasteiger partial charge in [-0.3, -0.25) is 9.69 Å². The van der Waals surface area contributed by atoms with Crippen molar-refractivity contribution in [3.8, 4) is 17.4 Å². The second-order valence-corrected chi connectivity index (χ2v) is 20.1. The van der Waals surface area contributed by atoms with E-state index in [4.69, 9.17) is 32.7 Å². The number of pyridine rings is 2. The number of amides is 1. The number of anilines is 1. The number of nitrogens with zero attached hydrogens (tertiary/aromatic N) is 4. The SMILES string of the molecule is CC1(O)CCC(COc2ncc(S(=O)(=O)NC(=O)c3ccc(N4CCN(CC5=C(c6ccc(Cl)cc6)CC6(CC5)CC6)CC4)cc3Oc3cnc4[nH]ccc4c3)cc2Cl)CC1. The Morgan fingerprint density at radius 2 is 1.72 bits per heavy atom. The fourth-order valence-electron chi connectivity index (χ4n) is 8.97. The lowest BCUT2D eigenvalue weighted by Gasteiger charge is -2.38. The molecule has 3 aromatic heterocycles. The number of aromatic nitrogens is 3. The third-order valence-electron chi connectivity index (χ3n) is 13.0. The number of carbonyl (C=O) groups excluding carboxylic acids is 1. The molecule has 1 spiro atoms. The van der Waals surface area contributed by atoms with Crippen molar-refractivity contribution in [2.24, 2.45) is 11.3 Å². The van der Waals surface area contributed by atoms with Crippen molar-refractivity contribution < 1.29 is 27.8 Å². The third-order valence-corrected chi connectivity index (χ3v) is 14.8. The van der Waals surface area contributed by atoms with Gasteiger partial charge in [-0.05, 0) is 130 Å². The molecule has 15 heteroatoms. The van der Waals surface area contributed by atoms with Crippen LogP contribution in [0.4, 0.5) is 5.69 Å². The lowest BCUT2D eigenvalue weighted by molar-refractivity contribution is 0.00127. The van der Waals surface area contributed by atoms with Gasteiger partial charge in [0.2, 0.25) is 5.88 Å². The molecule has 4 aliphatic rings. The van der Waals surface area contributed by atoms with Crippen LogP contribution in [0.5, 0.6) is 17.4 Å². The number of ether oxygens (including phenoxy) is 2. The van der Waals surface area contributed by atoms with Gasteiger partial charge >= 0.3 is 0 Å². The predicted molar refractivity (Wildman–Crippen MR) is 237 cm³/mol. The fourth-order valence-corrected chi connectivity index (χ4v) is 10.3. The summed E-state index contributed by atoms with van der Waals surface area (Å²) < 4.78 is 41.6. The molecule has 2 aromatic carbocycles. The Kier molecular flexibility index (Phi) is 11.5. The van der Waals surface area contributed by atoms with Crippen molar-refractivity contribution in [1.29, 1.82) is 0 Å². The highest BCUT2D eigenvalue weighted by molar-refractivity contribution is 7.90. The summed E-state index contributed by atoms with van der Waals surface area (Å²) in [4.78, 5) is 30.1. The Morgan fingerprint density at radius 1 is 0.951 bits per heavy atom. The number of fused-ring (bicyclic) bond motifs is 1. The number of piperazine rings is 1. The normalized spacial score (nSPS) is 21.8. The van der Waals surface area contributed by atoms with Crippen molar-refractivity contribution in [3.63, 3.8) is 0 Å². The number of carbonyl (C=O) groups is 1. The second kappa shape index (κ2) is 16.9. The number of hydrogen-bond donors (Lipinski definition) is 3. The van der Waals surface area contributed by atoms with Crippen LogP contribution in [0.2, 0.25) is 10.0 Å². The third kappa shape index (κ3) is 9.56. The zero-order chi connectivity index (χ0) is 42.4. The van der Waals surface area contributed by atoms with Crippen LogP contribution < -0.4 is 19.1 Å². The minimum Gasteiger partial charge on any atom is -0.476 e. The molecule has 0 unspecified atom stereocenters. The molecule has 2 saturated carbocycles. The summed E-state index contributed by atoms with van der Waals surface area (Å²) in [6.45, 7) is 6.36. The van der Waals surface area contributed by atoms with Crippen molar-refractivity contribution in [2.45, 2.75) is 75.2 Å². The number of H-pyrrole nitrogens is 1. The van der Waals surface area contributed by atoms with E-state index in [-0.39, 0.29) is 33.0 Å². The molecule has 1 saturated heterocycles. The van der Waals surface area contributed by atoms with Crippen molar-refractivity contribution in [1.82, 2.24) is 24.6 Å². The fraction of sp³-hybridized carbons (Fsp3) is 0.413. The first-order valence-corrected chi connectivity index (χ1v) is 23.3. The first-order valence-electron chi connectivity index (χ1n) is 21.1. The summed E-state index contributed by atoms with van der Waals surface area (Å²) in [7, 11) is -4.41. The molecular weight excluding hydrogens is 836 g/mol. The van der Waals surface area contributed by atoms with Gasteiger partial charge in [-0.15, -0.1) is 0 Å². The Hall–Kier alpha value is -4.66. The summed E-state index contributed by atoms with van der Waals surface area (Å²) in [5.74, 6) is 0.0214. The van der Waals surface area contributed by atoms with Gasteiger partial charge in [0, 0.05) is 61.1 Å². The molecule has 3 aliphatic carbocycles. The molecule has 0 atom stereocenters. The van der Waals surface area contributed by atoms with Gasteiger partial charge in [-0.2, -0.15) is 0 Å². The summed E-state index contributed by atoms with van der Waals surface area (Å²) in [6, 6.07) is 18.4. The second-order valence-electron chi connectivity index (χ2n) is 17.5. The van der Waals surface area contributed by atoms with Crippen LogP contribution in [-0.2, 0) is 10.0 Å². The van der Waals surface area contributed by atoms with E-state index in [9.17, 15) is 18.3 Å². The van der Waals surface area contributed by atoms with Gasteiger partial charge in [0.15, 0.2) is 0 Å². The van der Waals surface area contributed by atoms with Crippen molar-refractivity contribution in [2.75, 3.05) is 44.2 Å². The Bertz CT molecular complexity index is 2570. The maximum absolute atomic E-state index is 13.9. The highest BCUT2D eigenvalue weighted by atomic mass is 35.5. The van der Waals surface area contributed by atoms with E-state index < -0.39 is 21.5 Å². The topological polar surface area (TPSA) is 150 Å². The lowest BCUT2D eigenvalue weighted by atomic mass is 9.78. The van der Waals surface area contributed by atoms with Crippen LogP contribution in [0.1, 0.15) is 80.6 Å². The number of rotatable bonds is 12. The van der Waals surface area contributed by atoms with Gasteiger partial charge in [0.1, 0.15) is 27.1 Å². The van der Waals surface area contributed by atoms with E-state index >= 15 is 0 Å². The van der Waals surface area contributed by atoms with E-state index in [0.29, 0.717) is 36.3 Å². The number of benzene rings is 2. The Labute approximate surface area is 366 Å². The number of aliphatic hydroxyl groups is 1. The van der Waals surface area contributed by atoms with Crippen LogP contribution in [0, 0.1) is 11.3 Å². The average Bonchev–Trinajstić information content (AvgIpc) is 3.83. The maximum atomic E-state index is 13.9. The summed E-state index contributed by atoms with van der Waals surface area (Å²) in [5.41, 5.74) is 5.68. The van der Waals surface area contributed by atoms with Gasteiger partial charge in [0.25, 0.3) is 15.9 Å². The number of sulfonamides is 1. The van der Waals surface area contributed by atoms with Gasteiger partial charge in [0.05, 0.1) is 30.2 Å². The molecule has 0 radical (unpaired) electrons. The van der Waals surface area contributed by atoms with E-state index in [0.717, 1.165) is 80.7 Å². The molecular formula is C46H50Cl2N6O6S. The first-order chi connectivity index (χ1) is 29.3. The van der Waals surface area contributed by atoms with Crippen molar-refractivity contribution in [3.05, 3.63) is 106 Å². The number of aromatic amines is 1. The number of hydrogen-bond acceptors (Lipinski definition) is 10. The molecule has 1 aliphatic heterocycles. The molecule has 61 heavy (non-hydrogen) atoms. The van der Waals surface area contributed by atoms with E-state index in [1.807, 2.05) is 31.2 Å². The van der Waals surface area contributed by atoms with E-state index in [1.165, 1.54) is 42.0 Å². The highest BCUT2D eigenvalue weighted by Gasteiger charge is 2.45. The van der Waals surface area contributed by atoms with Crippen LogP contribution >= 0.6 is 23.2 Å². The number of nitrogens with one attached hydrogen (secondary N) is 2. The lowest BCUT2D eigenvalue weighted by Crippen LogP contribution is -2.47. The molecule has 3 fully saturated rings. The molecule has 320 valence electrons. The molecule has 5 aromatic rings. The van der Waals surface area contributed by atoms with Gasteiger partial charge in [-0.25, -0.2) is 23.1 Å². The number of halogens is 2. The monoisotopic (exact) mass is 884 g/mol. The molecule has 1 amide bonds. The largest absolute Gasteiger partial charge is 0.476 e. The average molecular weight is 886 g/mol. The zero-order valence-electron chi connectivity index (χ0n) is 34.1. The van der Waals surface area contributed by atoms with Crippen LogP contribution in [0.25, 0.3) is 16.6 Å². The molecule has 12 nitrogen and oxygen atoms in total. The van der Waals surface area contributed by atoms with Crippen molar-refractivity contribution >= 4 is 61.4 Å². The minimum atomic E-state index is -4.41. The van der Waals surface area contributed by atoms with Crippen LogP contribution in [-0.4, -0.2) is 84.2 Å². The Balaban J connectivity index is 0.899. The summed E-state index contributed by atoms with van der Waals surface area (Å²) >= 11 is 12.7. The van der Waals surface area contributed by atoms with Gasteiger partial charge < -0.3 is 24.5 Å². The molecule has 9 rings (SSSR count). The van der Waals surface area contributed by atoms with Gasteiger partial charge in [-0.1, -0.05) is 40.9 Å². The zero-order valence-corrected chi connectivity index (χ0v) is 36.5. The van der Waals surface area contributed by atoms with E-state index in [2.05, 4.69) is 41.6 Å². The highest BCUT2D eigenvalue weighted by Crippen LogP contribution is 2.59. The quantitative estimate of drug-likeness (QED) is 0.111.